The summed E-state index contributed by atoms with van der Waals surface area (Å²) in [7, 11) is 0. The molecule has 1 amide bonds. The van der Waals surface area contributed by atoms with Gasteiger partial charge in [0, 0.05) is 5.92 Å². The van der Waals surface area contributed by atoms with Crippen molar-refractivity contribution in [3.8, 4) is 0 Å². The van der Waals surface area contributed by atoms with E-state index in [1.165, 1.54) is 6.92 Å². The van der Waals surface area contributed by atoms with Gasteiger partial charge in [0.15, 0.2) is 0 Å². The van der Waals surface area contributed by atoms with Gasteiger partial charge in [-0.2, -0.15) is 0 Å². The number of β-lactam (4-membered cyclic amide) rings is 1. The van der Waals surface area contributed by atoms with Crippen LogP contribution in [-0.4, -0.2) is 45.2 Å². The first-order valence-electron chi connectivity index (χ1n) is 6.47. The molecule has 5 atom stereocenters. The number of hydrogen-bond acceptors (Lipinski definition) is 5. The number of nitrogens with zero attached hydrogens (tertiary/aromatic N) is 1. The zero-order valence-electron chi connectivity index (χ0n) is 12.2. The van der Waals surface area contributed by atoms with Gasteiger partial charge in [-0.1, -0.05) is 13.8 Å². The number of carboxylic acid groups (broad SMARTS) is 1. The molecule has 1 saturated heterocycles. The first-order valence-corrected chi connectivity index (χ1v) is 6.47. The normalized spacial score (nSPS) is 31.4. The van der Waals surface area contributed by atoms with Gasteiger partial charge in [-0.05, 0) is 18.9 Å². The fourth-order valence-electron chi connectivity index (χ4n) is 3.25. The van der Waals surface area contributed by atoms with E-state index < -0.39 is 36.0 Å². The molecule has 2 N–H and O–H groups in total. The largest absolute Gasteiger partial charge is 1.00 e. The van der Waals surface area contributed by atoms with Crippen molar-refractivity contribution in [2.24, 2.45) is 11.8 Å². The summed E-state index contributed by atoms with van der Waals surface area (Å²) in [5.41, 5.74) is 0.123. The van der Waals surface area contributed by atoms with Crippen LogP contribution < -0.4 is 34.7 Å². The number of aliphatic hydroxyl groups excluding tert-OH is 2. The minimum atomic E-state index is -1.45. The quantitative estimate of drug-likeness (QED) is 0.402. The van der Waals surface area contributed by atoms with Gasteiger partial charge in [0.1, 0.15) is 0 Å². The monoisotopic (exact) mass is 291 g/mol. The Morgan fingerprint density at radius 2 is 2.00 bits per heavy atom. The molecule has 0 aromatic rings. The van der Waals surface area contributed by atoms with E-state index in [1.807, 2.05) is 0 Å². The van der Waals surface area contributed by atoms with Crippen LogP contribution in [0.2, 0.25) is 0 Å². The second-order valence-corrected chi connectivity index (χ2v) is 5.27. The van der Waals surface area contributed by atoms with Crippen molar-refractivity contribution in [1.29, 1.82) is 0 Å². The average molecular weight is 291 g/mol. The second kappa shape index (κ2) is 6.15. The van der Waals surface area contributed by atoms with Crippen LogP contribution in [0.25, 0.3) is 0 Å². The van der Waals surface area contributed by atoms with Gasteiger partial charge >= 0.3 is 29.6 Å². The Balaban J connectivity index is 0.00000200. The fraction of sp³-hybridized carbons (Fsp3) is 0.692. The van der Waals surface area contributed by atoms with Crippen LogP contribution in [0.15, 0.2) is 11.3 Å². The fourth-order valence-corrected chi connectivity index (χ4v) is 3.25. The second-order valence-electron chi connectivity index (χ2n) is 5.27. The molecule has 2 heterocycles. The van der Waals surface area contributed by atoms with Gasteiger partial charge in [-0.25, -0.2) is 0 Å². The smallest absolute Gasteiger partial charge is 0.543 e. The number of amides is 1. The van der Waals surface area contributed by atoms with E-state index in [0.29, 0.717) is 12.0 Å². The predicted octanol–water partition coefficient (Wildman–Crippen LogP) is -4.38. The minimum Gasteiger partial charge on any atom is -0.543 e. The molecule has 20 heavy (non-hydrogen) atoms. The van der Waals surface area contributed by atoms with Crippen molar-refractivity contribution >= 4 is 11.9 Å². The van der Waals surface area contributed by atoms with E-state index in [2.05, 4.69) is 0 Å². The molecule has 2 aliphatic rings. The van der Waals surface area contributed by atoms with Gasteiger partial charge in [0.05, 0.1) is 35.8 Å². The van der Waals surface area contributed by atoms with E-state index in [4.69, 9.17) is 0 Å². The molecule has 6 nitrogen and oxygen atoms in total. The SMILES string of the molecule is CC[C@@H](O)C1=C(C(=O)[O-])N2C(=O)[C@H]([C@@H](C)O)C2[C@H]1C.[Na+]. The molecule has 0 aromatic carbocycles. The van der Waals surface area contributed by atoms with Gasteiger partial charge in [0.25, 0.3) is 0 Å². The zero-order valence-corrected chi connectivity index (χ0v) is 14.2. The molecule has 0 bridgehead atoms. The van der Waals surface area contributed by atoms with E-state index >= 15 is 0 Å². The molecule has 106 valence electrons. The molecule has 0 aliphatic carbocycles. The third kappa shape index (κ3) is 2.33. The summed E-state index contributed by atoms with van der Waals surface area (Å²) >= 11 is 0. The van der Waals surface area contributed by atoms with Crippen molar-refractivity contribution in [2.75, 3.05) is 0 Å². The molecule has 2 aliphatic heterocycles. The van der Waals surface area contributed by atoms with Crippen molar-refractivity contribution in [3.05, 3.63) is 11.3 Å². The molecule has 0 spiro atoms. The van der Waals surface area contributed by atoms with Crippen LogP contribution in [-0.2, 0) is 9.59 Å². The first-order chi connectivity index (χ1) is 8.82. The Labute approximate surface area is 139 Å². The summed E-state index contributed by atoms with van der Waals surface area (Å²) in [5.74, 6) is -2.76. The molecule has 1 unspecified atom stereocenters. The van der Waals surface area contributed by atoms with Crippen molar-refractivity contribution < 1.29 is 54.5 Å². The van der Waals surface area contributed by atoms with Crippen LogP contribution in [0.1, 0.15) is 27.2 Å². The summed E-state index contributed by atoms with van der Waals surface area (Å²) in [6.07, 6.45) is -1.38. The Morgan fingerprint density at radius 1 is 1.45 bits per heavy atom. The standard InChI is InChI=1S/C13H19NO5.Na/c1-4-7(16)8-5(2)10-9(6(3)15)12(17)14(10)11(8)13(18)19;/h5-7,9-10,15-16H,4H2,1-3H3,(H,18,19);/q;+1/p-1/t5-,6+,7+,9+,10?;/m0./s1. The Morgan fingerprint density at radius 3 is 2.40 bits per heavy atom. The van der Waals surface area contributed by atoms with Crippen molar-refractivity contribution in [1.82, 2.24) is 4.90 Å². The maximum Gasteiger partial charge on any atom is 1.00 e. The number of aliphatic hydroxyl groups is 2. The number of carboxylic acids is 1. The molecule has 0 aromatic heterocycles. The summed E-state index contributed by atoms with van der Waals surface area (Å²) in [4.78, 5) is 24.4. The van der Waals surface area contributed by atoms with Crippen LogP contribution in [0.3, 0.4) is 0 Å². The first kappa shape index (κ1) is 17.7. The maximum atomic E-state index is 12.0. The number of carbonyl (C=O) groups excluding carboxylic acids is 2. The molecule has 7 heteroatoms. The van der Waals surface area contributed by atoms with Crippen LogP contribution >= 0.6 is 0 Å². The number of hydrogen-bond donors (Lipinski definition) is 2. The topological polar surface area (TPSA) is 101 Å². The minimum absolute atomic E-state index is 0. The molecular weight excluding hydrogens is 273 g/mol. The van der Waals surface area contributed by atoms with Crippen molar-refractivity contribution in [3.63, 3.8) is 0 Å². The van der Waals surface area contributed by atoms with Gasteiger partial charge in [-0.3, -0.25) is 4.79 Å². The Hall–Kier alpha value is -0.400. The number of carbonyl (C=O) groups is 2. The van der Waals surface area contributed by atoms with Crippen LogP contribution in [0.5, 0.6) is 0 Å². The third-order valence-corrected chi connectivity index (χ3v) is 4.16. The summed E-state index contributed by atoms with van der Waals surface area (Å²) in [6, 6.07) is -0.392. The van der Waals surface area contributed by atoms with E-state index in [-0.39, 0.29) is 41.2 Å². The van der Waals surface area contributed by atoms with E-state index in [0.717, 1.165) is 4.90 Å². The predicted molar refractivity (Wildman–Crippen MR) is 63.3 cm³/mol. The molecular formula is C13H18NNaO5. The zero-order chi connectivity index (χ0) is 14.5. The molecule has 2 rings (SSSR count). The Bertz CT molecular complexity index is 462. The number of aliphatic carboxylic acids is 1. The van der Waals surface area contributed by atoms with E-state index in [1.54, 1.807) is 13.8 Å². The molecule has 0 saturated carbocycles. The summed E-state index contributed by atoms with van der Waals surface area (Å²) in [5, 5.41) is 30.8. The van der Waals surface area contributed by atoms with E-state index in [9.17, 15) is 24.9 Å². The average Bonchev–Trinajstić information content (AvgIpc) is 2.57. The van der Waals surface area contributed by atoms with Gasteiger partial charge in [0.2, 0.25) is 5.91 Å². The van der Waals surface area contributed by atoms with Crippen LogP contribution in [0.4, 0.5) is 0 Å². The Kier molecular flexibility index (Phi) is 5.43. The summed E-state index contributed by atoms with van der Waals surface area (Å²) in [6.45, 7) is 5.02. The molecule has 1 fully saturated rings. The molecule has 0 radical (unpaired) electrons. The summed E-state index contributed by atoms with van der Waals surface area (Å²) < 4.78 is 0. The third-order valence-electron chi connectivity index (χ3n) is 4.16. The van der Waals surface area contributed by atoms with Gasteiger partial charge < -0.3 is 25.0 Å². The maximum absolute atomic E-state index is 12.0. The number of rotatable bonds is 4. The van der Waals surface area contributed by atoms with Gasteiger partial charge in [-0.15, -0.1) is 0 Å². The van der Waals surface area contributed by atoms with Crippen LogP contribution in [0, 0.1) is 11.8 Å². The number of fused-ring (bicyclic) bond motifs is 1. The van der Waals surface area contributed by atoms with Crippen molar-refractivity contribution in [2.45, 2.75) is 45.4 Å².